The molecule has 2 heteroatoms. The molecule has 0 bridgehead atoms. The van der Waals surface area contributed by atoms with Gasteiger partial charge < -0.3 is 4.74 Å². The van der Waals surface area contributed by atoms with E-state index in [0.29, 0.717) is 0 Å². The number of esters is 1. The Morgan fingerprint density at radius 2 is 1.92 bits per heavy atom. The summed E-state index contributed by atoms with van der Waals surface area (Å²) in [6.07, 6.45) is 2.52. The van der Waals surface area contributed by atoms with Crippen molar-refractivity contribution in [1.82, 2.24) is 0 Å². The van der Waals surface area contributed by atoms with E-state index in [1.165, 1.54) is 0 Å². The van der Waals surface area contributed by atoms with Gasteiger partial charge in [-0.1, -0.05) is 40.0 Å². The predicted molar refractivity (Wildman–Crippen MR) is 49.7 cm³/mol. The van der Waals surface area contributed by atoms with Gasteiger partial charge in [0.05, 0.1) is 0 Å². The molecule has 0 aliphatic heterocycles. The van der Waals surface area contributed by atoms with Gasteiger partial charge in [-0.05, 0) is 0 Å². The van der Waals surface area contributed by atoms with Crippen molar-refractivity contribution in [3.63, 3.8) is 0 Å². The van der Waals surface area contributed by atoms with Crippen LogP contribution in [0.15, 0.2) is 25.3 Å². The van der Waals surface area contributed by atoms with E-state index < -0.39 is 5.97 Å². The van der Waals surface area contributed by atoms with Gasteiger partial charge in [0.15, 0.2) is 0 Å². The van der Waals surface area contributed by atoms with Crippen LogP contribution < -0.4 is 0 Å². The zero-order valence-corrected chi connectivity index (χ0v) is 7.96. The Morgan fingerprint density at radius 1 is 1.42 bits per heavy atom. The molecule has 0 fully saturated rings. The van der Waals surface area contributed by atoms with Gasteiger partial charge in [-0.3, -0.25) is 0 Å². The van der Waals surface area contributed by atoms with Crippen molar-refractivity contribution >= 4 is 5.97 Å². The van der Waals surface area contributed by atoms with Crippen molar-refractivity contribution in [2.45, 2.75) is 26.9 Å². The van der Waals surface area contributed by atoms with Crippen LogP contribution in [-0.2, 0) is 9.53 Å². The SMILES string of the molecule is C=CC(=O)OC(C=C)C(C)(C)C. The van der Waals surface area contributed by atoms with Crippen LogP contribution in [0.2, 0.25) is 0 Å². The van der Waals surface area contributed by atoms with Crippen LogP contribution in [0.25, 0.3) is 0 Å². The van der Waals surface area contributed by atoms with E-state index in [1.54, 1.807) is 6.08 Å². The normalized spacial score (nSPS) is 13.2. The molecule has 0 aromatic carbocycles. The van der Waals surface area contributed by atoms with Crippen LogP contribution in [-0.4, -0.2) is 12.1 Å². The van der Waals surface area contributed by atoms with Crippen molar-refractivity contribution < 1.29 is 9.53 Å². The smallest absolute Gasteiger partial charge is 0.330 e. The Hall–Kier alpha value is -1.05. The monoisotopic (exact) mass is 168 g/mol. The van der Waals surface area contributed by atoms with Crippen molar-refractivity contribution in [1.29, 1.82) is 0 Å². The van der Waals surface area contributed by atoms with E-state index in [0.717, 1.165) is 6.08 Å². The minimum Gasteiger partial charge on any atom is -0.454 e. The third kappa shape index (κ3) is 3.37. The first-order chi connectivity index (χ1) is 5.41. The van der Waals surface area contributed by atoms with E-state index >= 15 is 0 Å². The number of hydrogen-bond acceptors (Lipinski definition) is 2. The van der Waals surface area contributed by atoms with Crippen LogP contribution >= 0.6 is 0 Å². The summed E-state index contributed by atoms with van der Waals surface area (Å²) >= 11 is 0. The van der Waals surface area contributed by atoms with Crippen molar-refractivity contribution in [3.8, 4) is 0 Å². The molecule has 0 N–H and O–H groups in total. The van der Waals surface area contributed by atoms with Gasteiger partial charge in [-0.25, -0.2) is 4.79 Å². The lowest BCUT2D eigenvalue weighted by atomic mass is 9.89. The maximum absolute atomic E-state index is 10.8. The van der Waals surface area contributed by atoms with Gasteiger partial charge in [0.25, 0.3) is 0 Å². The standard InChI is InChI=1S/C10H16O2/c1-6-8(10(3,4)5)12-9(11)7-2/h6-8H,1-2H2,3-5H3. The van der Waals surface area contributed by atoms with E-state index in [1.807, 2.05) is 20.8 Å². The third-order valence-electron chi connectivity index (χ3n) is 1.48. The van der Waals surface area contributed by atoms with Gasteiger partial charge >= 0.3 is 5.97 Å². The van der Waals surface area contributed by atoms with Crippen LogP contribution in [0.5, 0.6) is 0 Å². The molecule has 0 aromatic rings. The Balaban J connectivity index is 4.28. The number of hydrogen-bond donors (Lipinski definition) is 0. The summed E-state index contributed by atoms with van der Waals surface area (Å²) in [7, 11) is 0. The zero-order valence-electron chi connectivity index (χ0n) is 7.96. The minimum absolute atomic E-state index is 0.111. The highest BCUT2D eigenvalue weighted by Crippen LogP contribution is 2.22. The quantitative estimate of drug-likeness (QED) is 0.367. The molecule has 0 amide bonds. The number of rotatable bonds is 3. The lowest BCUT2D eigenvalue weighted by Crippen LogP contribution is -2.28. The van der Waals surface area contributed by atoms with Gasteiger partial charge in [-0.15, -0.1) is 0 Å². The second-order valence-electron chi connectivity index (χ2n) is 3.66. The predicted octanol–water partition coefficient (Wildman–Crippen LogP) is 2.32. The molecule has 0 saturated carbocycles. The lowest BCUT2D eigenvalue weighted by Gasteiger charge is -2.26. The maximum atomic E-state index is 10.8. The number of ether oxygens (including phenoxy) is 1. The van der Waals surface area contributed by atoms with Crippen molar-refractivity contribution in [2.24, 2.45) is 5.41 Å². The maximum Gasteiger partial charge on any atom is 0.330 e. The minimum atomic E-state index is -0.408. The summed E-state index contributed by atoms with van der Waals surface area (Å²) < 4.78 is 5.04. The molecular formula is C10H16O2. The van der Waals surface area contributed by atoms with Crippen LogP contribution in [0.4, 0.5) is 0 Å². The highest BCUT2D eigenvalue weighted by atomic mass is 16.5. The van der Waals surface area contributed by atoms with E-state index in [-0.39, 0.29) is 11.5 Å². The summed E-state index contributed by atoms with van der Waals surface area (Å²) in [6, 6.07) is 0. The van der Waals surface area contributed by atoms with Gasteiger partial charge in [0, 0.05) is 11.5 Å². The topological polar surface area (TPSA) is 26.3 Å². The molecule has 68 valence electrons. The van der Waals surface area contributed by atoms with Crippen LogP contribution in [0.1, 0.15) is 20.8 Å². The van der Waals surface area contributed by atoms with E-state index in [2.05, 4.69) is 13.2 Å². The average molecular weight is 168 g/mol. The summed E-state index contributed by atoms with van der Waals surface area (Å²) in [4.78, 5) is 10.8. The first kappa shape index (κ1) is 11.0. The molecule has 1 unspecified atom stereocenters. The van der Waals surface area contributed by atoms with Gasteiger partial charge in [0.2, 0.25) is 0 Å². The fourth-order valence-electron chi connectivity index (χ4n) is 0.752. The summed E-state index contributed by atoms with van der Waals surface area (Å²) in [5.41, 5.74) is -0.111. The Bertz CT molecular complexity index is 187. The molecule has 1 atom stereocenters. The second kappa shape index (κ2) is 4.10. The van der Waals surface area contributed by atoms with Crippen molar-refractivity contribution in [3.05, 3.63) is 25.3 Å². The fraction of sp³-hybridized carbons (Fsp3) is 0.500. The molecule has 0 aromatic heterocycles. The van der Waals surface area contributed by atoms with Crippen molar-refractivity contribution in [2.75, 3.05) is 0 Å². The summed E-state index contributed by atoms with van der Waals surface area (Å²) in [5.74, 6) is -0.408. The Morgan fingerprint density at radius 3 is 2.17 bits per heavy atom. The summed E-state index contributed by atoms with van der Waals surface area (Å²) in [5, 5.41) is 0. The molecule has 12 heavy (non-hydrogen) atoms. The van der Waals surface area contributed by atoms with Gasteiger partial charge in [0.1, 0.15) is 6.10 Å². The highest BCUT2D eigenvalue weighted by Gasteiger charge is 2.24. The zero-order chi connectivity index (χ0) is 9.78. The Kier molecular flexibility index (Phi) is 3.74. The number of carbonyl (C=O) groups excluding carboxylic acids is 1. The average Bonchev–Trinajstić information content (AvgIpc) is 1.97. The molecule has 0 aliphatic rings. The first-order valence-corrected chi connectivity index (χ1v) is 3.87. The molecule has 0 rings (SSSR count). The van der Waals surface area contributed by atoms with E-state index in [4.69, 9.17) is 4.74 Å². The lowest BCUT2D eigenvalue weighted by molar-refractivity contribution is -0.145. The molecule has 0 heterocycles. The highest BCUT2D eigenvalue weighted by molar-refractivity contribution is 5.81. The molecule has 2 nitrogen and oxygen atoms in total. The molecule has 0 aliphatic carbocycles. The van der Waals surface area contributed by atoms with E-state index in [9.17, 15) is 4.79 Å². The second-order valence-corrected chi connectivity index (χ2v) is 3.66. The molecular weight excluding hydrogens is 152 g/mol. The van der Waals surface area contributed by atoms with Crippen LogP contribution in [0, 0.1) is 5.41 Å². The Labute approximate surface area is 73.9 Å². The molecule has 0 spiro atoms. The molecule has 0 saturated heterocycles. The molecule has 0 radical (unpaired) electrons. The first-order valence-electron chi connectivity index (χ1n) is 3.87. The van der Waals surface area contributed by atoms with Gasteiger partial charge in [-0.2, -0.15) is 0 Å². The largest absolute Gasteiger partial charge is 0.454 e. The number of carbonyl (C=O) groups is 1. The third-order valence-corrected chi connectivity index (χ3v) is 1.48. The summed E-state index contributed by atoms with van der Waals surface area (Å²) in [6.45, 7) is 12.9. The fourth-order valence-corrected chi connectivity index (χ4v) is 0.752. The van der Waals surface area contributed by atoms with Crippen LogP contribution in [0.3, 0.4) is 0 Å².